The van der Waals surface area contributed by atoms with Gasteiger partial charge in [0, 0.05) is 0 Å². The molecule has 0 amide bonds. The molecule has 2 nitrogen and oxygen atoms in total. The maximum atomic E-state index is 9.22. The van der Waals surface area contributed by atoms with Gasteiger partial charge < -0.3 is 5.26 Å². The lowest BCUT2D eigenvalue weighted by atomic mass is 10.5. The Labute approximate surface area is 36.0 Å². The second-order valence-electron chi connectivity index (χ2n) is 1.57. The first-order valence-electron chi connectivity index (χ1n) is 2.05. The van der Waals surface area contributed by atoms with Gasteiger partial charge in [0.1, 0.15) is 0 Å². The van der Waals surface area contributed by atoms with Crippen molar-refractivity contribution in [2.45, 2.75) is 12.8 Å². The Balaban J connectivity index is 2.15. The van der Waals surface area contributed by atoms with Crippen molar-refractivity contribution >= 4 is 6.29 Å². The average molecular weight is 86.1 g/mol. The summed E-state index contributed by atoms with van der Waals surface area (Å²) in [6.07, 6.45) is 3.63. The molecule has 0 radical (unpaired) electrons. The molecule has 1 fully saturated rings. The van der Waals surface area contributed by atoms with Crippen molar-refractivity contribution in [2.24, 2.45) is 5.92 Å². The van der Waals surface area contributed by atoms with Crippen LogP contribution in [0.15, 0.2) is 0 Å². The third kappa shape index (κ3) is 0.708. The predicted octanol–water partition coefficient (Wildman–Crippen LogP) is -0.594. The maximum Gasteiger partial charge on any atom is 0.321 e. The first-order valence-corrected chi connectivity index (χ1v) is 2.05. The summed E-state index contributed by atoms with van der Waals surface area (Å²) in [5, 5.41) is 9.22. The topological polar surface area (TPSA) is 34.4 Å². The minimum atomic E-state index is 0.488. The largest absolute Gasteiger partial charge is 0.463 e. The van der Waals surface area contributed by atoms with Crippen LogP contribution in [0.25, 0.3) is 0 Å². The molecule has 0 aromatic rings. The molecule has 0 saturated heterocycles. The van der Waals surface area contributed by atoms with Gasteiger partial charge in [0.15, 0.2) is 0 Å². The highest BCUT2D eigenvalue weighted by Crippen LogP contribution is 2.25. The van der Waals surface area contributed by atoms with E-state index in [-0.39, 0.29) is 0 Å². The zero-order valence-electron chi connectivity index (χ0n) is 3.39. The molecule has 0 spiro atoms. The Bertz CT molecular complexity index is 63.9. The Kier molecular flexibility index (Phi) is 0.783. The van der Waals surface area contributed by atoms with Gasteiger partial charge in [-0.15, -0.1) is 0 Å². The summed E-state index contributed by atoms with van der Waals surface area (Å²) in [4.78, 5) is 0. The molecule has 1 saturated carbocycles. The van der Waals surface area contributed by atoms with E-state index >= 15 is 0 Å². The standard InChI is InChI=1S/C4H6O2/c5-6-3-4-1-2-4/h3-4H,1-2H2. The fourth-order valence-electron chi connectivity index (χ4n) is 0.311. The van der Waals surface area contributed by atoms with E-state index in [1.54, 1.807) is 0 Å². The van der Waals surface area contributed by atoms with E-state index in [0.717, 1.165) is 12.8 Å². The highest BCUT2D eigenvalue weighted by molar-refractivity contribution is 5.56. The molecule has 0 aliphatic heterocycles. The SMILES string of the molecule is [O-][O+]=CC1CC1. The first-order chi connectivity index (χ1) is 2.93. The Morgan fingerprint density at radius 3 is 2.50 bits per heavy atom. The van der Waals surface area contributed by atoms with E-state index in [2.05, 4.69) is 4.58 Å². The zero-order valence-corrected chi connectivity index (χ0v) is 3.39. The molecule has 34 valence electrons. The van der Waals surface area contributed by atoms with Crippen molar-refractivity contribution in [3.05, 3.63) is 0 Å². The van der Waals surface area contributed by atoms with Gasteiger partial charge in [-0.05, 0) is 12.8 Å². The Morgan fingerprint density at radius 2 is 2.33 bits per heavy atom. The molecule has 0 atom stereocenters. The number of aldehydes is 1. The van der Waals surface area contributed by atoms with Crippen LogP contribution in [-0.4, -0.2) is 6.29 Å². The molecule has 0 N–H and O–H groups in total. The van der Waals surface area contributed by atoms with Crippen LogP contribution in [-0.2, 0) is 4.58 Å². The molecule has 1 aliphatic carbocycles. The van der Waals surface area contributed by atoms with Gasteiger partial charge in [-0.2, -0.15) is 4.58 Å². The molecule has 0 bridgehead atoms. The Hall–Kier alpha value is -0.530. The second kappa shape index (κ2) is 1.29. The molecular weight excluding hydrogens is 80.0 g/mol. The van der Waals surface area contributed by atoms with Crippen molar-refractivity contribution in [3.63, 3.8) is 0 Å². The third-order valence-corrected chi connectivity index (χ3v) is 0.870. The molecule has 1 aliphatic rings. The molecular formula is C4H6O2. The predicted molar refractivity (Wildman–Crippen MR) is 18.8 cm³/mol. The van der Waals surface area contributed by atoms with Crippen LogP contribution in [0.1, 0.15) is 12.8 Å². The van der Waals surface area contributed by atoms with Crippen molar-refractivity contribution < 1.29 is 9.83 Å². The number of hydrogen-bond donors (Lipinski definition) is 0. The molecule has 0 heterocycles. The summed E-state index contributed by atoms with van der Waals surface area (Å²) in [5.41, 5.74) is 0. The van der Waals surface area contributed by atoms with Gasteiger partial charge in [0.2, 0.25) is 0 Å². The van der Waals surface area contributed by atoms with Crippen LogP contribution in [0, 0.1) is 5.92 Å². The van der Waals surface area contributed by atoms with Gasteiger partial charge in [0.05, 0.1) is 5.92 Å². The van der Waals surface area contributed by atoms with E-state index in [1.165, 1.54) is 6.29 Å². The van der Waals surface area contributed by atoms with Gasteiger partial charge in [-0.3, -0.25) is 0 Å². The quantitative estimate of drug-likeness (QED) is 0.182. The molecule has 1 rings (SSSR count). The van der Waals surface area contributed by atoms with Crippen molar-refractivity contribution in [2.75, 3.05) is 0 Å². The summed E-state index contributed by atoms with van der Waals surface area (Å²) in [7, 11) is 0. The fraction of sp³-hybridized carbons (Fsp3) is 0.750. The molecule has 2 heteroatoms. The van der Waals surface area contributed by atoms with E-state index in [9.17, 15) is 5.26 Å². The van der Waals surface area contributed by atoms with Crippen LogP contribution >= 0.6 is 0 Å². The van der Waals surface area contributed by atoms with Crippen molar-refractivity contribution in [1.29, 1.82) is 0 Å². The molecule has 0 unspecified atom stereocenters. The number of carbonyl (C=O) groups excluding carboxylic acids is 1. The van der Waals surface area contributed by atoms with Gasteiger partial charge in [-0.25, -0.2) is 0 Å². The van der Waals surface area contributed by atoms with E-state index in [4.69, 9.17) is 0 Å². The monoisotopic (exact) mass is 86.0 g/mol. The van der Waals surface area contributed by atoms with Crippen molar-refractivity contribution in [3.8, 4) is 0 Å². The minimum absolute atomic E-state index is 0.488. The van der Waals surface area contributed by atoms with E-state index in [1.807, 2.05) is 0 Å². The second-order valence-corrected chi connectivity index (χ2v) is 1.57. The molecule has 0 aromatic carbocycles. The minimum Gasteiger partial charge on any atom is -0.463 e. The third-order valence-electron chi connectivity index (χ3n) is 0.870. The smallest absolute Gasteiger partial charge is 0.321 e. The Morgan fingerprint density at radius 1 is 1.67 bits per heavy atom. The lowest BCUT2D eigenvalue weighted by molar-refractivity contribution is -1.04. The van der Waals surface area contributed by atoms with Gasteiger partial charge >= 0.3 is 6.29 Å². The van der Waals surface area contributed by atoms with Crippen LogP contribution in [0.5, 0.6) is 0 Å². The number of rotatable bonds is 1. The van der Waals surface area contributed by atoms with E-state index < -0.39 is 0 Å². The normalized spacial score (nSPS) is 22.7. The summed E-state index contributed by atoms with van der Waals surface area (Å²) < 4.78 is 3.49. The van der Waals surface area contributed by atoms with Crippen LogP contribution in [0.4, 0.5) is 0 Å². The summed E-state index contributed by atoms with van der Waals surface area (Å²) in [6, 6.07) is 0. The van der Waals surface area contributed by atoms with E-state index in [0.29, 0.717) is 5.92 Å². The maximum absolute atomic E-state index is 9.22. The summed E-state index contributed by atoms with van der Waals surface area (Å²) in [6.45, 7) is 0. The average Bonchev–Trinajstić information content (AvgIpc) is 2.21. The van der Waals surface area contributed by atoms with Gasteiger partial charge in [0.25, 0.3) is 0 Å². The zero-order chi connectivity index (χ0) is 4.41. The van der Waals surface area contributed by atoms with Crippen molar-refractivity contribution in [1.82, 2.24) is 0 Å². The highest BCUT2D eigenvalue weighted by atomic mass is 17.1. The first kappa shape index (κ1) is 3.65. The fourth-order valence-corrected chi connectivity index (χ4v) is 0.311. The van der Waals surface area contributed by atoms with Crippen LogP contribution in [0.2, 0.25) is 0 Å². The summed E-state index contributed by atoms with van der Waals surface area (Å²) in [5.74, 6) is 0.488. The summed E-state index contributed by atoms with van der Waals surface area (Å²) >= 11 is 0. The lowest BCUT2D eigenvalue weighted by Gasteiger charge is -1.62. The highest BCUT2D eigenvalue weighted by Gasteiger charge is 2.24. The van der Waals surface area contributed by atoms with Crippen LogP contribution < -0.4 is 5.26 Å². The lowest BCUT2D eigenvalue weighted by Crippen LogP contribution is -1.97. The molecule has 6 heavy (non-hydrogen) atoms. The van der Waals surface area contributed by atoms with Crippen LogP contribution in [0.3, 0.4) is 0 Å². The molecule has 0 aromatic heterocycles. The van der Waals surface area contributed by atoms with Gasteiger partial charge in [-0.1, -0.05) is 0 Å². The number of hydrogen-bond acceptors (Lipinski definition) is 1.